The molecule has 108 valence electrons. The van der Waals surface area contributed by atoms with Crippen molar-refractivity contribution in [2.45, 2.75) is 51.0 Å². The molecule has 0 unspecified atom stereocenters. The summed E-state index contributed by atoms with van der Waals surface area (Å²) in [4.78, 5) is 24.9. The van der Waals surface area contributed by atoms with Crippen LogP contribution in [-0.2, 0) is 4.79 Å². The molecule has 0 heterocycles. The number of aliphatic carboxylic acids is 1. The Morgan fingerprint density at radius 3 is 2.47 bits per heavy atom. The van der Waals surface area contributed by atoms with Crippen molar-refractivity contribution in [3.8, 4) is 0 Å². The van der Waals surface area contributed by atoms with E-state index < -0.39 is 11.5 Å². The number of nitrogens with zero attached hydrogens (tertiary/aromatic N) is 1. The standard InChI is InChI=1S/C14H24N2O3/c1-3-10-16(4-2)13(19)15-14(11-12(17)18)8-6-5-7-9-14/h3H,1,4-11H2,2H3,(H,15,19)(H,17,18). The summed E-state index contributed by atoms with van der Waals surface area (Å²) in [5.74, 6) is -0.853. The van der Waals surface area contributed by atoms with E-state index in [1.165, 1.54) is 0 Å². The highest BCUT2D eigenvalue weighted by atomic mass is 16.4. The Morgan fingerprint density at radius 1 is 1.37 bits per heavy atom. The molecule has 1 saturated carbocycles. The van der Waals surface area contributed by atoms with E-state index in [0.29, 0.717) is 13.1 Å². The van der Waals surface area contributed by atoms with Crippen LogP contribution in [0.25, 0.3) is 0 Å². The second-order valence-electron chi connectivity index (χ2n) is 5.17. The van der Waals surface area contributed by atoms with Gasteiger partial charge in [-0.2, -0.15) is 0 Å². The predicted octanol–water partition coefficient (Wildman–Crippen LogP) is 2.38. The molecule has 0 radical (unpaired) electrons. The van der Waals surface area contributed by atoms with Crippen LogP contribution in [0.4, 0.5) is 4.79 Å². The molecule has 0 aromatic carbocycles. The number of nitrogens with one attached hydrogen (secondary N) is 1. The quantitative estimate of drug-likeness (QED) is 0.727. The first-order chi connectivity index (χ1) is 9.03. The van der Waals surface area contributed by atoms with Gasteiger partial charge in [0.25, 0.3) is 0 Å². The second kappa shape index (κ2) is 7.16. The van der Waals surface area contributed by atoms with E-state index in [-0.39, 0.29) is 12.5 Å². The normalized spacial score (nSPS) is 17.5. The van der Waals surface area contributed by atoms with E-state index in [1.54, 1.807) is 11.0 Å². The minimum Gasteiger partial charge on any atom is -0.481 e. The molecule has 2 amide bonds. The third kappa shape index (κ3) is 4.58. The lowest BCUT2D eigenvalue weighted by Gasteiger charge is -2.38. The zero-order valence-electron chi connectivity index (χ0n) is 11.7. The molecule has 1 aliphatic carbocycles. The molecule has 5 nitrogen and oxygen atoms in total. The maximum Gasteiger partial charge on any atom is 0.318 e. The highest BCUT2D eigenvalue weighted by molar-refractivity contribution is 5.77. The van der Waals surface area contributed by atoms with Gasteiger partial charge in [0.15, 0.2) is 0 Å². The highest BCUT2D eigenvalue weighted by Gasteiger charge is 2.36. The van der Waals surface area contributed by atoms with Gasteiger partial charge in [0.1, 0.15) is 0 Å². The number of carbonyl (C=O) groups excluding carboxylic acids is 1. The van der Waals surface area contributed by atoms with Crippen molar-refractivity contribution < 1.29 is 14.7 Å². The zero-order valence-corrected chi connectivity index (χ0v) is 11.7. The Labute approximate surface area is 114 Å². The van der Waals surface area contributed by atoms with Gasteiger partial charge in [0.05, 0.1) is 12.0 Å². The number of rotatable bonds is 6. The lowest BCUT2D eigenvalue weighted by Crippen LogP contribution is -2.55. The van der Waals surface area contributed by atoms with E-state index in [0.717, 1.165) is 32.1 Å². The average Bonchev–Trinajstić information content (AvgIpc) is 2.35. The van der Waals surface area contributed by atoms with E-state index in [4.69, 9.17) is 5.11 Å². The van der Waals surface area contributed by atoms with Crippen molar-refractivity contribution in [1.82, 2.24) is 10.2 Å². The topological polar surface area (TPSA) is 69.6 Å². The van der Waals surface area contributed by atoms with E-state index >= 15 is 0 Å². The van der Waals surface area contributed by atoms with Gasteiger partial charge in [-0.15, -0.1) is 6.58 Å². The number of urea groups is 1. The van der Waals surface area contributed by atoms with Crippen LogP contribution in [0.2, 0.25) is 0 Å². The summed E-state index contributed by atoms with van der Waals surface area (Å²) in [7, 11) is 0. The molecule has 0 atom stereocenters. The number of carboxylic acid groups (broad SMARTS) is 1. The summed E-state index contributed by atoms with van der Waals surface area (Å²) in [6, 6.07) is -0.189. The molecule has 1 rings (SSSR count). The summed E-state index contributed by atoms with van der Waals surface area (Å²) in [6.45, 7) is 6.59. The van der Waals surface area contributed by atoms with Crippen molar-refractivity contribution in [3.05, 3.63) is 12.7 Å². The van der Waals surface area contributed by atoms with Gasteiger partial charge >= 0.3 is 12.0 Å². The number of carbonyl (C=O) groups is 2. The highest BCUT2D eigenvalue weighted by Crippen LogP contribution is 2.31. The van der Waals surface area contributed by atoms with Crippen LogP contribution in [0.5, 0.6) is 0 Å². The third-order valence-electron chi connectivity index (χ3n) is 3.69. The van der Waals surface area contributed by atoms with Crippen LogP contribution in [0, 0.1) is 0 Å². The molecule has 0 aliphatic heterocycles. The first-order valence-corrected chi connectivity index (χ1v) is 6.93. The van der Waals surface area contributed by atoms with Crippen LogP contribution in [0.3, 0.4) is 0 Å². The fourth-order valence-corrected chi connectivity index (χ4v) is 2.68. The second-order valence-corrected chi connectivity index (χ2v) is 5.17. The van der Waals surface area contributed by atoms with Crippen LogP contribution < -0.4 is 5.32 Å². The monoisotopic (exact) mass is 268 g/mol. The summed E-state index contributed by atoms with van der Waals surface area (Å²) in [5, 5.41) is 12.0. The van der Waals surface area contributed by atoms with Crippen LogP contribution in [0.15, 0.2) is 12.7 Å². The largest absolute Gasteiger partial charge is 0.481 e. The maximum absolute atomic E-state index is 12.2. The first kappa shape index (κ1) is 15.5. The van der Waals surface area contributed by atoms with Crippen molar-refractivity contribution in [2.75, 3.05) is 13.1 Å². The Morgan fingerprint density at radius 2 is 2.00 bits per heavy atom. The van der Waals surface area contributed by atoms with Crippen LogP contribution >= 0.6 is 0 Å². The Balaban J connectivity index is 2.73. The minimum atomic E-state index is -0.853. The number of hydrogen-bond donors (Lipinski definition) is 2. The van der Waals surface area contributed by atoms with E-state index in [1.807, 2.05) is 6.92 Å². The van der Waals surface area contributed by atoms with Gasteiger partial charge in [-0.05, 0) is 19.8 Å². The van der Waals surface area contributed by atoms with E-state index in [2.05, 4.69) is 11.9 Å². The molecule has 2 N–H and O–H groups in total. The molecule has 0 spiro atoms. The molecule has 0 saturated heterocycles. The summed E-state index contributed by atoms with van der Waals surface area (Å²) in [6.07, 6.45) is 6.23. The summed E-state index contributed by atoms with van der Waals surface area (Å²) >= 11 is 0. The van der Waals surface area contributed by atoms with Gasteiger partial charge in [-0.1, -0.05) is 25.3 Å². The summed E-state index contributed by atoms with van der Waals surface area (Å²) in [5.41, 5.74) is -0.574. The first-order valence-electron chi connectivity index (χ1n) is 6.93. The number of carboxylic acids is 1. The third-order valence-corrected chi connectivity index (χ3v) is 3.69. The van der Waals surface area contributed by atoms with Gasteiger partial charge < -0.3 is 15.3 Å². The van der Waals surface area contributed by atoms with Crippen LogP contribution in [-0.4, -0.2) is 40.6 Å². The molecular weight excluding hydrogens is 244 g/mol. The molecule has 1 fully saturated rings. The minimum absolute atomic E-state index is 0.00435. The van der Waals surface area contributed by atoms with Crippen LogP contribution in [0.1, 0.15) is 45.4 Å². The summed E-state index contributed by atoms with van der Waals surface area (Å²) < 4.78 is 0. The fraction of sp³-hybridized carbons (Fsp3) is 0.714. The smallest absolute Gasteiger partial charge is 0.318 e. The van der Waals surface area contributed by atoms with Gasteiger partial charge in [-0.3, -0.25) is 4.79 Å². The van der Waals surface area contributed by atoms with Crippen molar-refractivity contribution >= 4 is 12.0 Å². The number of likely N-dealkylation sites (N-methyl/N-ethyl adjacent to an activating group) is 1. The molecule has 0 bridgehead atoms. The van der Waals surface area contributed by atoms with Gasteiger partial charge in [0.2, 0.25) is 0 Å². The maximum atomic E-state index is 12.2. The van der Waals surface area contributed by atoms with E-state index in [9.17, 15) is 9.59 Å². The Hall–Kier alpha value is -1.52. The Kier molecular flexibility index (Phi) is 5.86. The molecule has 1 aliphatic rings. The van der Waals surface area contributed by atoms with Gasteiger partial charge in [-0.25, -0.2) is 4.79 Å². The fourth-order valence-electron chi connectivity index (χ4n) is 2.68. The van der Waals surface area contributed by atoms with Crippen molar-refractivity contribution in [2.24, 2.45) is 0 Å². The van der Waals surface area contributed by atoms with Crippen molar-refractivity contribution in [1.29, 1.82) is 0 Å². The SMILES string of the molecule is C=CCN(CC)C(=O)NC1(CC(=O)O)CCCCC1. The zero-order chi connectivity index (χ0) is 14.3. The average molecular weight is 268 g/mol. The molecule has 5 heteroatoms. The molecule has 0 aromatic rings. The molecule has 19 heavy (non-hydrogen) atoms. The molecular formula is C14H24N2O3. The molecule has 0 aromatic heterocycles. The number of hydrogen-bond acceptors (Lipinski definition) is 2. The van der Waals surface area contributed by atoms with Gasteiger partial charge in [0, 0.05) is 13.1 Å². The number of amides is 2. The lowest BCUT2D eigenvalue weighted by molar-refractivity contribution is -0.139. The predicted molar refractivity (Wildman–Crippen MR) is 74.0 cm³/mol. The van der Waals surface area contributed by atoms with Crippen molar-refractivity contribution in [3.63, 3.8) is 0 Å². The Bertz CT molecular complexity index is 336. The lowest BCUT2D eigenvalue weighted by atomic mass is 9.79.